The number of rotatable bonds is 4. The number of allylic oxidation sites excluding steroid dienone is 1. The van der Waals surface area contributed by atoms with Gasteiger partial charge in [-0.15, -0.1) is 0 Å². The number of ketones is 1. The van der Waals surface area contributed by atoms with Crippen LogP contribution in [0.1, 0.15) is 36.5 Å². The van der Waals surface area contributed by atoms with Crippen LogP contribution in [0.25, 0.3) is 0 Å². The summed E-state index contributed by atoms with van der Waals surface area (Å²) in [4.78, 5) is 22.7. The van der Waals surface area contributed by atoms with Gasteiger partial charge in [-0.2, -0.15) is 0 Å². The van der Waals surface area contributed by atoms with E-state index in [1.807, 2.05) is 13.0 Å². The number of phenols is 1. The summed E-state index contributed by atoms with van der Waals surface area (Å²) in [5, 5.41) is 21.4. The van der Waals surface area contributed by atoms with Crippen molar-refractivity contribution in [2.75, 3.05) is 5.32 Å². The molecule has 0 bridgehead atoms. The highest BCUT2D eigenvalue weighted by atomic mass is 16.4. The number of anilines is 1. The number of carboxylic acids is 1. The van der Waals surface area contributed by atoms with Crippen molar-refractivity contribution < 1.29 is 19.8 Å². The van der Waals surface area contributed by atoms with Crippen molar-refractivity contribution >= 4 is 17.4 Å². The van der Waals surface area contributed by atoms with Crippen molar-refractivity contribution in [2.24, 2.45) is 11.8 Å². The standard InChI is InChI=1S/C16H19NO4/c1-10-3-2-4-11(15(10)19)7-8-17-12-5-6-13(16(20)21)14(18)9-12/h5-11,17-18H,2-4H2,1H3,(H,20,21). The highest BCUT2D eigenvalue weighted by molar-refractivity contribution is 5.91. The summed E-state index contributed by atoms with van der Waals surface area (Å²) in [6.45, 7) is 1.96. The maximum atomic E-state index is 12.0. The van der Waals surface area contributed by atoms with Crippen LogP contribution >= 0.6 is 0 Å². The molecule has 112 valence electrons. The minimum atomic E-state index is -1.17. The quantitative estimate of drug-likeness (QED) is 0.793. The summed E-state index contributed by atoms with van der Waals surface area (Å²) in [6, 6.07) is 4.25. The van der Waals surface area contributed by atoms with Gasteiger partial charge in [0.15, 0.2) is 0 Å². The van der Waals surface area contributed by atoms with E-state index in [0.29, 0.717) is 5.69 Å². The number of nitrogens with one attached hydrogen (secondary N) is 1. The lowest BCUT2D eigenvalue weighted by Gasteiger charge is -2.22. The number of benzene rings is 1. The molecule has 1 aromatic rings. The Hall–Kier alpha value is -2.30. The Balaban J connectivity index is 1.99. The molecule has 1 fully saturated rings. The molecule has 0 saturated heterocycles. The predicted octanol–water partition coefficient (Wildman–Crippen LogP) is 3.02. The van der Waals surface area contributed by atoms with E-state index in [-0.39, 0.29) is 28.9 Å². The van der Waals surface area contributed by atoms with Crippen LogP contribution in [0.2, 0.25) is 0 Å². The van der Waals surface area contributed by atoms with Crippen LogP contribution in [0.15, 0.2) is 30.5 Å². The van der Waals surface area contributed by atoms with Crippen LogP contribution in [-0.4, -0.2) is 22.0 Å². The van der Waals surface area contributed by atoms with Gasteiger partial charge in [0.25, 0.3) is 0 Å². The zero-order valence-electron chi connectivity index (χ0n) is 11.9. The van der Waals surface area contributed by atoms with Gasteiger partial charge in [0, 0.05) is 23.6 Å². The molecule has 1 saturated carbocycles. The third kappa shape index (κ3) is 3.62. The fourth-order valence-corrected chi connectivity index (χ4v) is 2.55. The van der Waals surface area contributed by atoms with E-state index in [4.69, 9.17) is 5.11 Å². The number of aromatic hydroxyl groups is 1. The van der Waals surface area contributed by atoms with Crippen LogP contribution < -0.4 is 5.32 Å². The van der Waals surface area contributed by atoms with Gasteiger partial charge >= 0.3 is 5.97 Å². The van der Waals surface area contributed by atoms with Crippen molar-refractivity contribution in [3.05, 3.63) is 36.0 Å². The Labute approximate surface area is 123 Å². The average Bonchev–Trinajstić information content (AvgIpc) is 2.43. The Morgan fingerprint density at radius 3 is 2.81 bits per heavy atom. The molecule has 1 aromatic carbocycles. The first-order chi connectivity index (χ1) is 9.99. The number of carbonyl (C=O) groups excluding carboxylic acids is 1. The largest absolute Gasteiger partial charge is 0.507 e. The number of hydrogen-bond donors (Lipinski definition) is 3. The first kappa shape index (κ1) is 15.1. The molecule has 2 rings (SSSR count). The zero-order valence-corrected chi connectivity index (χ0v) is 11.9. The number of Topliss-reactive ketones (excluding diaryl/α,β-unsaturated/α-hetero) is 1. The lowest BCUT2D eigenvalue weighted by Crippen LogP contribution is -2.25. The fourth-order valence-electron chi connectivity index (χ4n) is 2.55. The molecule has 2 atom stereocenters. The minimum Gasteiger partial charge on any atom is -0.507 e. The first-order valence-electron chi connectivity index (χ1n) is 7.02. The second kappa shape index (κ2) is 6.43. The summed E-state index contributed by atoms with van der Waals surface area (Å²) in [5.41, 5.74) is 0.436. The molecule has 5 nitrogen and oxygen atoms in total. The lowest BCUT2D eigenvalue weighted by atomic mass is 9.81. The van der Waals surface area contributed by atoms with Crippen molar-refractivity contribution in [1.82, 2.24) is 0 Å². The zero-order chi connectivity index (χ0) is 15.4. The summed E-state index contributed by atoms with van der Waals surface area (Å²) in [6.07, 6.45) is 6.39. The van der Waals surface area contributed by atoms with Crippen LogP contribution in [0.3, 0.4) is 0 Å². The van der Waals surface area contributed by atoms with Crippen LogP contribution in [0.5, 0.6) is 5.75 Å². The third-order valence-electron chi connectivity index (χ3n) is 3.81. The number of aromatic carboxylic acids is 1. The summed E-state index contributed by atoms with van der Waals surface area (Å²) in [7, 11) is 0. The molecule has 21 heavy (non-hydrogen) atoms. The normalized spacial score (nSPS) is 22.4. The van der Waals surface area contributed by atoms with E-state index in [9.17, 15) is 14.7 Å². The van der Waals surface area contributed by atoms with Gasteiger partial charge < -0.3 is 15.5 Å². The maximum Gasteiger partial charge on any atom is 0.339 e. The molecule has 2 unspecified atom stereocenters. The highest BCUT2D eigenvalue weighted by Crippen LogP contribution is 2.26. The number of carboxylic acid groups (broad SMARTS) is 1. The van der Waals surface area contributed by atoms with Crippen molar-refractivity contribution in [1.29, 1.82) is 0 Å². The number of hydrogen-bond acceptors (Lipinski definition) is 4. The lowest BCUT2D eigenvalue weighted by molar-refractivity contribution is -0.126. The predicted molar refractivity (Wildman–Crippen MR) is 79.3 cm³/mol. The first-order valence-corrected chi connectivity index (χ1v) is 7.02. The monoisotopic (exact) mass is 289 g/mol. The van der Waals surface area contributed by atoms with Crippen molar-refractivity contribution in [3.8, 4) is 5.75 Å². The second-order valence-electron chi connectivity index (χ2n) is 5.38. The van der Waals surface area contributed by atoms with Crippen LogP contribution in [0.4, 0.5) is 5.69 Å². The molecule has 0 heterocycles. The molecular formula is C16H19NO4. The Morgan fingerprint density at radius 2 is 2.14 bits per heavy atom. The molecule has 0 aliphatic heterocycles. The van der Waals surface area contributed by atoms with E-state index >= 15 is 0 Å². The second-order valence-corrected chi connectivity index (χ2v) is 5.38. The van der Waals surface area contributed by atoms with Gasteiger partial charge in [-0.1, -0.05) is 19.4 Å². The summed E-state index contributed by atoms with van der Waals surface area (Å²) >= 11 is 0. The Morgan fingerprint density at radius 1 is 1.38 bits per heavy atom. The summed E-state index contributed by atoms with van der Waals surface area (Å²) < 4.78 is 0. The van der Waals surface area contributed by atoms with Gasteiger partial charge in [0.05, 0.1) is 0 Å². The smallest absolute Gasteiger partial charge is 0.339 e. The molecule has 0 radical (unpaired) electrons. The fraction of sp³-hybridized carbons (Fsp3) is 0.375. The third-order valence-corrected chi connectivity index (χ3v) is 3.81. The molecule has 3 N–H and O–H groups in total. The van der Waals surface area contributed by atoms with E-state index < -0.39 is 5.97 Å². The topological polar surface area (TPSA) is 86.6 Å². The van der Waals surface area contributed by atoms with E-state index in [1.165, 1.54) is 12.1 Å². The Kier molecular flexibility index (Phi) is 4.62. The van der Waals surface area contributed by atoms with E-state index in [1.54, 1.807) is 12.3 Å². The summed E-state index contributed by atoms with van der Waals surface area (Å²) in [5.74, 6) is -1.14. The van der Waals surface area contributed by atoms with E-state index in [2.05, 4.69) is 5.32 Å². The molecular weight excluding hydrogens is 270 g/mol. The molecule has 5 heteroatoms. The molecule has 0 spiro atoms. The molecule has 1 aliphatic carbocycles. The van der Waals surface area contributed by atoms with Gasteiger partial charge in [-0.05, 0) is 31.2 Å². The van der Waals surface area contributed by atoms with Gasteiger partial charge in [0.1, 0.15) is 17.1 Å². The van der Waals surface area contributed by atoms with Crippen molar-refractivity contribution in [2.45, 2.75) is 26.2 Å². The minimum absolute atomic E-state index is 0.0619. The maximum absolute atomic E-state index is 12.0. The Bertz CT molecular complexity index is 580. The van der Waals surface area contributed by atoms with Crippen LogP contribution in [0, 0.1) is 11.8 Å². The molecule has 1 aliphatic rings. The average molecular weight is 289 g/mol. The van der Waals surface area contributed by atoms with Crippen molar-refractivity contribution in [3.63, 3.8) is 0 Å². The molecule has 0 amide bonds. The van der Waals surface area contributed by atoms with Gasteiger partial charge in [-0.25, -0.2) is 4.79 Å². The molecule has 0 aromatic heterocycles. The number of carbonyl (C=O) groups is 2. The SMILES string of the molecule is CC1CCCC(C=CNc2ccc(C(=O)O)c(O)c2)C1=O. The van der Waals surface area contributed by atoms with Crippen LogP contribution in [-0.2, 0) is 4.79 Å². The van der Waals surface area contributed by atoms with Gasteiger partial charge in [-0.3, -0.25) is 4.79 Å². The van der Waals surface area contributed by atoms with Gasteiger partial charge in [0.2, 0.25) is 0 Å². The van der Waals surface area contributed by atoms with E-state index in [0.717, 1.165) is 19.3 Å². The highest BCUT2D eigenvalue weighted by Gasteiger charge is 2.25.